The van der Waals surface area contributed by atoms with Gasteiger partial charge in [-0.2, -0.15) is 0 Å². The maximum atomic E-state index is 8.68. The maximum absolute atomic E-state index is 8.68. The van der Waals surface area contributed by atoms with E-state index < -0.39 is 7.32 Å². The van der Waals surface area contributed by atoms with Crippen LogP contribution in [0.3, 0.4) is 0 Å². The fourth-order valence-corrected chi connectivity index (χ4v) is 0.360. The smallest absolute Gasteiger partial charge is 0.402 e. The van der Waals surface area contributed by atoms with Crippen LogP contribution in [-0.2, 0) is 9.31 Å². The summed E-state index contributed by atoms with van der Waals surface area (Å²) in [7, 11) is -1.11. The second-order valence-electron chi connectivity index (χ2n) is 1.42. The average molecular weight is 133 g/mol. The molecule has 0 fully saturated rings. The summed E-state index contributed by atoms with van der Waals surface area (Å²) in [5.74, 6) is 0. The molecule has 0 aromatic rings. The van der Waals surface area contributed by atoms with E-state index in [1.807, 2.05) is 0 Å². The normalized spacial score (nSPS) is 9.67. The van der Waals surface area contributed by atoms with E-state index in [1.54, 1.807) is 6.92 Å². The number of hydrogen-bond donors (Lipinski definition) is 2. The van der Waals surface area contributed by atoms with Crippen LogP contribution in [0.2, 0.25) is 0 Å². The average Bonchev–Trinajstić information content (AvgIpc) is 1.85. The summed E-state index contributed by atoms with van der Waals surface area (Å²) >= 11 is 0. The van der Waals surface area contributed by atoms with Gasteiger partial charge in [-0.25, -0.2) is 0 Å². The summed E-state index contributed by atoms with van der Waals surface area (Å²) in [6.07, 6.45) is 0. The van der Waals surface area contributed by atoms with E-state index in [0.717, 1.165) is 0 Å². The monoisotopic (exact) mass is 133 g/mol. The van der Waals surface area contributed by atoms with Crippen molar-refractivity contribution in [1.29, 1.82) is 0 Å². The Hall–Kier alpha value is -0.0951. The molecule has 0 aliphatic heterocycles. The van der Waals surface area contributed by atoms with Gasteiger partial charge in [-0.1, -0.05) is 0 Å². The van der Waals surface area contributed by atoms with Crippen molar-refractivity contribution in [1.82, 2.24) is 0 Å². The van der Waals surface area contributed by atoms with Crippen LogP contribution in [0.4, 0.5) is 0 Å². The first-order valence-corrected chi connectivity index (χ1v) is 2.92. The lowest BCUT2D eigenvalue weighted by Gasteiger charge is -2.03. The van der Waals surface area contributed by atoms with Gasteiger partial charge in [0.1, 0.15) is 0 Å². The molecule has 0 saturated carbocycles. The molecule has 0 aromatic heterocycles. The molecule has 9 heavy (non-hydrogen) atoms. The van der Waals surface area contributed by atoms with Gasteiger partial charge < -0.3 is 20.1 Å². The van der Waals surface area contributed by atoms with Gasteiger partial charge in [0, 0.05) is 19.8 Å². The topological polar surface area (TPSA) is 64.7 Å². The summed E-state index contributed by atoms with van der Waals surface area (Å²) in [6.45, 7) is 2.92. The molecule has 3 N–H and O–H groups in total. The van der Waals surface area contributed by atoms with E-state index in [2.05, 4.69) is 9.31 Å². The Kier molecular flexibility index (Phi) is 5.97. The number of rotatable bonds is 5. The van der Waals surface area contributed by atoms with Crippen LogP contribution in [-0.4, -0.2) is 32.1 Å². The molecule has 0 spiro atoms. The largest absolute Gasteiger partial charge is 0.636 e. The summed E-state index contributed by atoms with van der Waals surface area (Å²) < 4.78 is 9.26. The fourth-order valence-electron chi connectivity index (χ4n) is 0.360. The standard InChI is InChI=1S/C4H12BNO3/c1-2-8-5(7)9-4-3-6/h7H,2-4,6H2,1H3. The van der Waals surface area contributed by atoms with Gasteiger partial charge in [-0.15, -0.1) is 0 Å². The summed E-state index contributed by atoms with van der Waals surface area (Å²) in [6, 6.07) is 0. The van der Waals surface area contributed by atoms with Crippen molar-refractivity contribution in [2.75, 3.05) is 19.8 Å². The molecule has 0 saturated heterocycles. The molecular formula is C4H12BNO3. The predicted octanol–water partition coefficient (Wildman–Crippen LogP) is -1.02. The maximum Gasteiger partial charge on any atom is 0.636 e. The summed E-state index contributed by atoms with van der Waals surface area (Å²) in [5, 5.41) is 8.68. The Morgan fingerprint density at radius 2 is 2.22 bits per heavy atom. The SMILES string of the molecule is CCOB(O)OCCN. The zero-order chi connectivity index (χ0) is 7.11. The number of hydrogen-bond acceptors (Lipinski definition) is 4. The number of nitrogens with two attached hydrogens (primary N) is 1. The summed E-state index contributed by atoms with van der Waals surface area (Å²) in [4.78, 5) is 0. The van der Waals surface area contributed by atoms with Gasteiger partial charge in [-0.05, 0) is 6.92 Å². The first-order chi connectivity index (χ1) is 4.31. The van der Waals surface area contributed by atoms with Crippen molar-refractivity contribution >= 4 is 7.32 Å². The van der Waals surface area contributed by atoms with Crippen LogP contribution in [0.25, 0.3) is 0 Å². The quantitative estimate of drug-likeness (QED) is 0.471. The van der Waals surface area contributed by atoms with E-state index in [4.69, 9.17) is 10.8 Å². The first kappa shape index (κ1) is 8.90. The molecule has 5 heteroatoms. The molecule has 0 aliphatic carbocycles. The van der Waals surface area contributed by atoms with Gasteiger partial charge in [0.2, 0.25) is 0 Å². The molecule has 0 aliphatic rings. The molecule has 0 bridgehead atoms. The highest BCUT2D eigenvalue weighted by Gasteiger charge is 2.12. The molecule has 0 amide bonds. The molecule has 0 atom stereocenters. The van der Waals surface area contributed by atoms with Crippen LogP contribution in [0, 0.1) is 0 Å². The molecule has 54 valence electrons. The Morgan fingerprint density at radius 3 is 2.67 bits per heavy atom. The van der Waals surface area contributed by atoms with E-state index in [9.17, 15) is 0 Å². The van der Waals surface area contributed by atoms with Gasteiger partial charge in [0.15, 0.2) is 0 Å². The van der Waals surface area contributed by atoms with Gasteiger partial charge in [0.25, 0.3) is 0 Å². The lowest BCUT2D eigenvalue weighted by atomic mass is 10.2. The molecule has 4 nitrogen and oxygen atoms in total. The molecule has 0 rings (SSSR count). The predicted molar refractivity (Wildman–Crippen MR) is 34.6 cm³/mol. The van der Waals surface area contributed by atoms with Gasteiger partial charge in [0.05, 0.1) is 0 Å². The highest BCUT2D eigenvalue weighted by Crippen LogP contribution is 1.81. The highest BCUT2D eigenvalue weighted by molar-refractivity contribution is 6.34. The van der Waals surface area contributed by atoms with Crippen molar-refractivity contribution in [3.05, 3.63) is 0 Å². The zero-order valence-corrected chi connectivity index (χ0v) is 5.54. The Labute approximate surface area is 55.1 Å². The Bertz CT molecular complexity index is 63.8. The second kappa shape index (κ2) is 6.03. The molecular weight excluding hydrogens is 121 g/mol. The zero-order valence-electron chi connectivity index (χ0n) is 5.54. The Balaban J connectivity index is 2.95. The van der Waals surface area contributed by atoms with Crippen LogP contribution in [0.1, 0.15) is 6.92 Å². The lowest BCUT2D eigenvalue weighted by Crippen LogP contribution is -2.25. The third-order valence-corrected chi connectivity index (χ3v) is 0.688. The molecule has 0 aromatic carbocycles. The van der Waals surface area contributed by atoms with Crippen molar-refractivity contribution in [2.24, 2.45) is 5.73 Å². The van der Waals surface area contributed by atoms with E-state index in [0.29, 0.717) is 19.8 Å². The molecule has 0 heterocycles. The second-order valence-corrected chi connectivity index (χ2v) is 1.42. The lowest BCUT2D eigenvalue weighted by molar-refractivity contribution is 0.142. The van der Waals surface area contributed by atoms with Crippen LogP contribution in [0.5, 0.6) is 0 Å². The van der Waals surface area contributed by atoms with Crippen LogP contribution < -0.4 is 5.73 Å². The van der Waals surface area contributed by atoms with Crippen LogP contribution in [0.15, 0.2) is 0 Å². The van der Waals surface area contributed by atoms with Gasteiger partial charge in [-0.3, -0.25) is 0 Å². The van der Waals surface area contributed by atoms with Crippen molar-refractivity contribution in [3.8, 4) is 0 Å². The van der Waals surface area contributed by atoms with E-state index in [-0.39, 0.29) is 0 Å². The van der Waals surface area contributed by atoms with Crippen LogP contribution >= 0.6 is 0 Å². The third kappa shape index (κ3) is 5.78. The van der Waals surface area contributed by atoms with Gasteiger partial charge >= 0.3 is 7.32 Å². The third-order valence-electron chi connectivity index (χ3n) is 0.688. The minimum atomic E-state index is -1.11. The molecule has 0 unspecified atom stereocenters. The Morgan fingerprint density at radius 1 is 1.56 bits per heavy atom. The highest BCUT2D eigenvalue weighted by atomic mass is 16.7. The minimum absolute atomic E-state index is 0.321. The van der Waals surface area contributed by atoms with Crippen molar-refractivity contribution < 1.29 is 14.3 Å². The summed E-state index contributed by atoms with van der Waals surface area (Å²) in [5.41, 5.74) is 5.08. The molecule has 0 radical (unpaired) electrons. The van der Waals surface area contributed by atoms with E-state index in [1.165, 1.54) is 0 Å². The minimum Gasteiger partial charge on any atom is -0.402 e. The van der Waals surface area contributed by atoms with Crippen molar-refractivity contribution in [2.45, 2.75) is 6.92 Å². The fraction of sp³-hybridized carbons (Fsp3) is 1.00. The first-order valence-electron chi connectivity index (χ1n) is 2.92. The van der Waals surface area contributed by atoms with E-state index >= 15 is 0 Å². The van der Waals surface area contributed by atoms with Crippen molar-refractivity contribution in [3.63, 3.8) is 0 Å².